The summed E-state index contributed by atoms with van der Waals surface area (Å²) in [6, 6.07) is 9.90. The summed E-state index contributed by atoms with van der Waals surface area (Å²) >= 11 is 11.9. The summed E-state index contributed by atoms with van der Waals surface area (Å²) in [4.78, 5) is 16.3. The zero-order chi connectivity index (χ0) is 25.5. The van der Waals surface area contributed by atoms with Gasteiger partial charge in [-0.05, 0) is 36.4 Å². The number of aromatic nitrogens is 3. The molecule has 0 radical (unpaired) electrons. The van der Waals surface area contributed by atoms with Gasteiger partial charge in [-0.3, -0.25) is 5.32 Å². The fraction of sp³-hybridized carbons (Fsp3) is 0.0500. The fourth-order valence-electron chi connectivity index (χ4n) is 3.01. The number of carbonyl (C=O) groups is 1. The van der Waals surface area contributed by atoms with Gasteiger partial charge in [0, 0.05) is 11.3 Å². The van der Waals surface area contributed by atoms with Gasteiger partial charge < -0.3 is 4.74 Å². The molecule has 0 bridgehead atoms. The molecular formula is C20H12Cl2F3N5O4S. The van der Waals surface area contributed by atoms with E-state index in [-0.39, 0.29) is 31.9 Å². The number of primary sulfonamides is 1. The van der Waals surface area contributed by atoms with Gasteiger partial charge in [-0.15, -0.1) is 0 Å². The Morgan fingerprint density at radius 1 is 1.09 bits per heavy atom. The molecule has 1 amide bonds. The Morgan fingerprint density at radius 2 is 1.83 bits per heavy atom. The Kier molecular flexibility index (Phi) is 6.36. The number of nitrogens with two attached hydrogens (primary N) is 1. The third-order valence-electron chi connectivity index (χ3n) is 4.56. The van der Waals surface area contributed by atoms with E-state index < -0.39 is 39.4 Å². The van der Waals surface area contributed by atoms with Crippen LogP contribution >= 0.6 is 23.2 Å². The van der Waals surface area contributed by atoms with Crippen molar-refractivity contribution in [1.29, 1.82) is 0 Å². The van der Waals surface area contributed by atoms with Crippen molar-refractivity contribution in [3.8, 4) is 17.0 Å². The largest absolute Gasteiger partial charge is 0.433 e. The highest BCUT2D eigenvalue weighted by atomic mass is 35.5. The molecule has 0 aliphatic heterocycles. The van der Waals surface area contributed by atoms with Gasteiger partial charge in [-0.1, -0.05) is 35.3 Å². The van der Waals surface area contributed by atoms with Crippen LogP contribution in [0.3, 0.4) is 0 Å². The van der Waals surface area contributed by atoms with Gasteiger partial charge in [0.15, 0.2) is 17.1 Å². The van der Waals surface area contributed by atoms with Gasteiger partial charge in [0.25, 0.3) is 0 Å². The van der Waals surface area contributed by atoms with E-state index in [4.69, 9.17) is 33.1 Å². The highest BCUT2D eigenvalue weighted by molar-refractivity contribution is 7.89. The molecule has 0 aliphatic carbocycles. The second kappa shape index (κ2) is 9.00. The number of nitrogens with zero attached hydrogens (tertiary/aromatic N) is 3. The number of ether oxygens (including phenoxy) is 1. The summed E-state index contributed by atoms with van der Waals surface area (Å²) in [6.45, 7) is 0. The van der Waals surface area contributed by atoms with E-state index >= 15 is 0 Å². The van der Waals surface area contributed by atoms with Crippen LogP contribution < -0.4 is 15.2 Å². The lowest BCUT2D eigenvalue weighted by Crippen LogP contribution is -2.18. The zero-order valence-corrected chi connectivity index (χ0v) is 19.4. The molecule has 0 spiro atoms. The lowest BCUT2D eigenvalue weighted by atomic mass is 10.1. The predicted molar refractivity (Wildman–Crippen MR) is 121 cm³/mol. The molecule has 0 saturated heterocycles. The lowest BCUT2D eigenvalue weighted by Gasteiger charge is -2.12. The number of sulfonamides is 1. The highest BCUT2D eigenvalue weighted by Gasteiger charge is 2.36. The van der Waals surface area contributed by atoms with E-state index in [1.165, 1.54) is 36.4 Å². The maximum Gasteiger partial charge on any atom is 0.433 e. The van der Waals surface area contributed by atoms with Crippen molar-refractivity contribution in [3.63, 3.8) is 0 Å². The molecule has 4 rings (SSSR count). The standard InChI is InChI=1S/C20H12Cl2F3N5O4S/c21-13-5-4-10(6-14(13)22)15-8-17(20(23,24)25)30-18(29-15)16(9-27-30)34-19(31)28-11-2-1-3-12(7-11)35(26,32)33/h1-9H,(H,28,31)(H2,26,32,33). The summed E-state index contributed by atoms with van der Waals surface area (Å²) in [5.74, 6) is -0.391. The van der Waals surface area contributed by atoms with E-state index in [1.54, 1.807) is 0 Å². The molecule has 182 valence electrons. The molecule has 2 aromatic heterocycles. The van der Waals surface area contributed by atoms with Crippen LogP contribution in [0, 0.1) is 0 Å². The SMILES string of the molecule is NS(=O)(=O)c1cccc(NC(=O)Oc2cnn3c(C(F)(F)F)cc(-c4ccc(Cl)c(Cl)c4)nc23)c1. The van der Waals surface area contributed by atoms with Crippen LogP contribution in [-0.4, -0.2) is 29.1 Å². The molecule has 0 unspecified atom stereocenters. The first-order valence-electron chi connectivity index (χ1n) is 9.36. The molecule has 3 N–H and O–H groups in total. The van der Waals surface area contributed by atoms with Crippen LogP contribution in [0.1, 0.15) is 5.69 Å². The van der Waals surface area contributed by atoms with Crippen molar-refractivity contribution in [2.45, 2.75) is 11.1 Å². The molecular weight excluding hydrogens is 534 g/mol. The number of anilines is 1. The van der Waals surface area contributed by atoms with Crippen molar-refractivity contribution in [1.82, 2.24) is 14.6 Å². The number of carbonyl (C=O) groups excluding carboxylic acids is 1. The van der Waals surface area contributed by atoms with Gasteiger partial charge in [0.1, 0.15) is 0 Å². The molecule has 35 heavy (non-hydrogen) atoms. The normalized spacial score (nSPS) is 12.1. The minimum Gasteiger partial charge on any atom is -0.404 e. The molecule has 2 heterocycles. The number of halogens is 5. The summed E-state index contributed by atoms with van der Waals surface area (Å²) < 4.78 is 69.8. The topological polar surface area (TPSA) is 129 Å². The minimum absolute atomic E-state index is 0.0124. The molecule has 0 saturated carbocycles. The molecule has 15 heteroatoms. The second-order valence-electron chi connectivity index (χ2n) is 6.98. The maximum atomic E-state index is 13.7. The third-order valence-corrected chi connectivity index (χ3v) is 6.21. The number of alkyl halides is 3. The van der Waals surface area contributed by atoms with Gasteiger partial charge in [0.05, 0.1) is 26.8 Å². The van der Waals surface area contributed by atoms with Gasteiger partial charge >= 0.3 is 12.3 Å². The summed E-state index contributed by atoms with van der Waals surface area (Å²) in [5.41, 5.74) is -1.48. The first-order chi connectivity index (χ1) is 16.3. The van der Waals surface area contributed by atoms with Crippen molar-refractivity contribution >= 4 is 50.7 Å². The summed E-state index contributed by atoms with van der Waals surface area (Å²) in [5, 5.41) is 11.3. The Labute approximate surface area is 205 Å². The number of hydrogen-bond donors (Lipinski definition) is 2. The van der Waals surface area contributed by atoms with Gasteiger partial charge in [-0.25, -0.2) is 27.9 Å². The fourth-order valence-corrected chi connectivity index (χ4v) is 3.87. The first-order valence-corrected chi connectivity index (χ1v) is 11.7. The van der Waals surface area contributed by atoms with Crippen LogP contribution in [0.4, 0.5) is 23.7 Å². The number of rotatable bonds is 4. The summed E-state index contributed by atoms with van der Waals surface area (Å²) in [6.07, 6.45) is -5.08. The predicted octanol–water partition coefficient (Wildman–Crippen LogP) is 4.98. The van der Waals surface area contributed by atoms with E-state index in [2.05, 4.69) is 15.4 Å². The smallest absolute Gasteiger partial charge is 0.404 e. The van der Waals surface area contributed by atoms with Crippen LogP contribution in [0.2, 0.25) is 10.0 Å². The van der Waals surface area contributed by atoms with Gasteiger partial charge in [0.2, 0.25) is 10.0 Å². The molecule has 9 nitrogen and oxygen atoms in total. The monoisotopic (exact) mass is 545 g/mol. The number of hydrogen-bond acceptors (Lipinski definition) is 6. The van der Waals surface area contributed by atoms with Crippen LogP contribution in [0.25, 0.3) is 16.9 Å². The van der Waals surface area contributed by atoms with Crippen molar-refractivity contribution < 1.29 is 31.1 Å². The van der Waals surface area contributed by atoms with E-state index in [1.807, 2.05) is 0 Å². The number of fused-ring (bicyclic) bond motifs is 1. The minimum atomic E-state index is -4.83. The number of amides is 1. The average molecular weight is 546 g/mol. The maximum absolute atomic E-state index is 13.7. The zero-order valence-electron chi connectivity index (χ0n) is 17.0. The number of nitrogens with one attached hydrogen (secondary N) is 1. The highest BCUT2D eigenvalue weighted by Crippen LogP contribution is 2.35. The van der Waals surface area contributed by atoms with Crippen molar-refractivity contribution in [3.05, 3.63) is 70.5 Å². The third kappa shape index (κ3) is 5.32. The number of benzene rings is 2. The van der Waals surface area contributed by atoms with E-state index in [9.17, 15) is 26.4 Å². The van der Waals surface area contributed by atoms with Gasteiger partial charge in [-0.2, -0.15) is 18.3 Å². The molecule has 0 atom stereocenters. The molecule has 0 fully saturated rings. The average Bonchev–Trinajstić information content (AvgIpc) is 3.16. The summed E-state index contributed by atoms with van der Waals surface area (Å²) in [7, 11) is -4.04. The Morgan fingerprint density at radius 3 is 2.49 bits per heavy atom. The second-order valence-corrected chi connectivity index (χ2v) is 9.36. The van der Waals surface area contributed by atoms with Crippen LogP contribution in [0.5, 0.6) is 5.75 Å². The molecule has 2 aromatic carbocycles. The van der Waals surface area contributed by atoms with Crippen molar-refractivity contribution in [2.75, 3.05) is 5.32 Å². The molecule has 4 aromatic rings. The van der Waals surface area contributed by atoms with Crippen LogP contribution in [0.15, 0.2) is 59.6 Å². The Hall–Kier alpha value is -3.39. The Bertz CT molecular complexity index is 1580. The van der Waals surface area contributed by atoms with E-state index in [0.717, 1.165) is 18.3 Å². The van der Waals surface area contributed by atoms with E-state index in [0.29, 0.717) is 4.52 Å². The Balaban J connectivity index is 1.72. The molecule has 0 aliphatic rings. The quantitative estimate of drug-likeness (QED) is 0.372. The van der Waals surface area contributed by atoms with Crippen LogP contribution in [-0.2, 0) is 16.2 Å². The first kappa shape index (κ1) is 24.7. The lowest BCUT2D eigenvalue weighted by molar-refractivity contribution is -0.142. The van der Waals surface area contributed by atoms with Crippen molar-refractivity contribution in [2.24, 2.45) is 5.14 Å².